The van der Waals surface area contributed by atoms with Gasteiger partial charge >= 0.3 is 6.03 Å². The average Bonchev–Trinajstić information content (AvgIpc) is 3.41. The number of carbonyl (C=O) groups is 1. The monoisotopic (exact) mass is 494 g/mol. The fraction of sp³-hybridized carbons (Fsp3) is 0.444. The lowest BCUT2D eigenvalue weighted by atomic mass is 10.1. The van der Waals surface area contributed by atoms with Gasteiger partial charge in [-0.25, -0.2) is 4.79 Å². The molecule has 1 aliphatic heterocycles. The fourth-order valence-electron chi connectivity index (χ4n) is 4.32. The first-order valence-electron chi connectivity index (χ1n) is 12.3. The third-order valence-corrected chi connectivity index (χ3v) is 6.26. The van der Waals surface area contributed by atoms with Crippen molar-refractivity contribution in [3.8, 4) is 11.5 Å². The van der Waals surface area contributed by atoms with Gasteiger partial charge in [0.15, 0.2) is 0 Å². The van der Waals surface area contributed by atoms with Crippen LogP contribution in [0.15, 0.2) is 47.2 Å². The Labute approximate surface area is 212 Å². The van der Waals surface area contributed by atoms with Crippen molar-refractivity contribution in [2.24, 2.45) is 0 Å². The smallest absolute Gasteiger partial charge is 0.324 e. The highest BCUT2D eigenvalue weighted by atomic mass is 16.5. The number of benzene rings is 2. The molecule has 1 aromatic heterocycles. The van der Waals surface area contributed by atoms with Crippen molar-refractivity contribution in [1.82, 2.24) is 15.1 Å². The van der Waals surface area contributed by atoms with Crippen LogP contribution in [0.4, 0.5) is 10.5 Å². The molecule has 1 saturated heterocycles. The molecule has 36 heavy (non-hydrogen) atoms. The van der Waals surface area contributed by atoms with E-state index >= 15 is 0 Å². The molecule has 0 bridgehead atoms. The van der Waals surface area contributed by atoms with Gasteiger partial charge in [0.25, 0.3) is 0 Å². The normalized spacial score (nSPS) is 13.8. The maximum atomic E-state index is 13.5. The van der Waals surface area contributed by atoms with Crippen LogP contribution in [0.25, 0.3) is 0 Å². The molecule has 192 valence electrons. The van der Waals surface area contributed by atoms with E-state index in [0.717, 1.165) is 53.1 Å². The zero-order valence-corrected chi connectivity index (χ0v) is 21.2. The number of unbranched alkanes of at least 4 members (excludes halogenated alkanes) is 1. The Bertz CT molecular complexity index is 1140. The molecule has 2 heterocycles. The van der Waals surface area contributed by atoms with Gasteiger partial charge in [0.1, 0.15) is 11.5 Å². The van der Waals surface area contributed by atoms with E-state index in [9.17, 15) is 4.79 Å². The number of rotatable bonds is 12. The average molecular weight is 495 g/mol. The first-order chi connectivity index (χ1) is 17.6. The molecule has 0 saturated carbocycles. The molecule has 0 N–H and O–H groups in total. The maximum absolute atomic E-state index is 13.5. The summed E-state index contributed by atoms with van der Waals surface area (Å²) < 4.78 is 22.2. The number of carbonyl (C=O) groups excluding carboxylic acids is 1. The molecule has 3 aromatic rings. The van der Waals surface area contributed by atoms with Crippen LogP contribution in [0.1, 0.15) is 48.8 Å². The topological polar surface area (TPSA) is 90.2 Å². The second kappa shape index (κ2) is 12.4. The van der Waals surface area contributed by atoms with Gasteiger partial charge in [-0.2, -0.15) is 0 Å². The molecule has 2 aromatic carbocycles. The lowest BCUT2D eigenvalue weighted by Crippen LogP contribution is -2.49. The van der Waals surface area contributed by atoms with E-state index < -0.39 is 0 Å². The minimum Gasteiger partial charge on any atom is -0.496 e. The number of anilines is 1. The molecule has 4 rings (SSSR count). The van der Waals surface area contributed by atoms with Crippen molar-refractivity contribution in [2.45, 2.75) is 45.8 Å². The Kier molecular flexibility index (Phi) is 8.78. The van der Waals surface area contributed by atoms with Gasteiger partial charge in [0.2, 0.25) is 12.3 Å². The van der Waals surface area contributed by atoms with Crippen LogP contribution in [0.3, 0.4) is 0 Å². The van der Waals surface area contributed by atoms with Crippen LogP contribution in [0.5, 0.6) is 11.5 Å². The highest BCUT2D eigenvalue weighted by Gasteiger charge is 2.28. The highest BCUT2D eigenvalue weighted by Crippen LogP contribution is 2.30. The summed E-state index contributed by atoms with van der Waals surface area (Å²) in [5, 5.41) is 7.66. The van der Waals surface area contributed by atoms with E-state index in [-0.39, 0.29) is 6.03 Å². The third kappa shape index (κ3) is 6.15. The summed E-state index contributed by atoms with van der Waals surface area (Å²) in [5.74, 6) is 2.04. The van der Waals surface area contributed by atoms with Crippen molar-refractivity contribution >= 4 is 11.7 Å². The van der Waals surface area contributed by atoms with Gasteiger partial charge in [0, 0.05) is 36.5 Å². The quantitative estimate of drug-likeness (QED) is 0.333. The number of ether oxygens (including phenoxy) is 3. The number of urea groups is 1. The predicted octanol–water partition coefficient (Wildman–Crippen LogP) is 4.83. The number of hydrogen-bond acceptors (Lipinski definition) is 7. The Balaban J connectivity index is 1.47. The SMILES string of the molecule is CCCCOCc1cc(N2CCCN(Cc3ccc(Cc4nnco4)cc3OC)C2=O)ccc1OC. The van der Waals surface area contributed by atoms with E-state index in [1.165, 1.54) is 6.39 Å². The Morgan fingerprint density at radius 1 is 1.03 bits per heavy atom. The van der Waals surface area contributed by atoms with Crippen molar-refractivity contribution in [1.29, 1.82) is 0 Å². The van der Waals surface area contributed by atoms with Gasteiger partial charge in [0.05, 0.1) is 33.8 Å². The lowest BCUT2D eigenvalue weighted by Gasteiger charge is -2.36. The molecule has 9 heteroatoms. The Hall–Kier alpha value is -3.59. The number of nitrogens with zero attached hydrogens (tertiary/aromatic N) is 4. The predicted molar refractivity (Wildman–Crippen MR) is 135 cm³/mol. The Morgan fingerprint density at radius 2 is 1.89 bits per heavy atom. The van der Waals surface area contributed by atoms with Crippen LogP contribution < -0.4 is 14.4 Å². The molecule has 0 atom stereocenters. The van der Waals surface area contributed by atoms with Crippen LogP contribution in [0, 0.1) is 0 Å². The summed E-state index contributed by atoms with van der Waals surface area (Å²) >= 11 is 0. The lowest BCUT2D eigenvalue weighted by molar-refractivity contribution is 0.116. The van der Waals surface area contributed by atoms with Crippen LogP contribution in [0.2, 0.25) is 0 Å². The third-order valence-electron chi connectivity index (χ3n) is 6.26. The van der Waals surface area contributed by atoms with E-state index in [2.05, 4.69) is 17.1 Å². The molecule has 0 aliphatic carbocycles. The minimum atomic E-state index is -0.0266. The van der Waals surface area contributed by atoms with Crippen molar-refractivity contribution < 1.29 is 23.4 Å². The van der Waals surface area contributed by atoms with E-state index in [1.54, 1.807) is 14.2 Å². The van der Waals surface area contributed by atoms with Gasteiger partial charge in [-0.15, -0.1) is 10.2 Å². The summed E-state index contributed by atoms with van der Waals surface area (Å²) in [7, 11) is 3.29. The second-order valence-electron chi connectivity index (χ2n) is 8.77. The molecule has 0 radical (unpaired) electrons. The maximum Gasteiger partial charge on any atom is 0.324 e. The van der Waals surface area contributed by atoms with Gasteiger partial charge in [-0.3, -0.25) is 4.90 Å². The van der Waals surface area contributed by atoms with Crippen LogP contribution in [-0.4, -0.2) is 55.0 Å². The second-order valence-corrected chi connectivity index (χ2v) is 8.77. The number of hydrogen-bond donors (Lipinski definition) is 0. The van der Waals surface area contributed by atoms with E-state index in [4.69, 9.17) is 18.6 Å². The fourth-order valence-corrected chi connectivity index (χ4v) is 4.32. The summed E-state index contributed by atoms with van der Waals surface area (Å²) in [6.45, 7) is 5.11. The first-order valence-corrected chi connectivity index (χ1v) is 12.3. The van der Waals surface area contributed by atoms with Crippen molar-refractivity contribution in [3.63, 3.8) is 0 Å². The number of methoxy groups -OCH3 is 2. The van der Waals surface area contributed by atoms with Gasteiger partial charge in [-0.05, 0) is 42.7 Å². The van der Waals surface area contributed by atoms with E-state index in [0.29, 0.717) is 45.2 Å². The molecule has 1 fully saturated rings. The molecular formula is C27H34N4O5. The van der Waals surface area contributed by atoms with Gasteiger partial charge < -0.3 is 23.5 Å². The Morgan fingerprint density at radius 3 is 2.64 bits per heavy atom. The zero-order chi connectivity index (χ0) is 25.3. The number of amides is 2. The van der Waals surface area contributed by atoms with Crippen molar-refractivity contribution in [2.75, 3.05) is 38.8 Å². The molecular weight excluding hydrogens is 460 g/mol. The van der Waals surface area contributed by atoms with Gasteiger partial charge in [-0.1, -0.05) is 25.5 Å². The van der Waals surface area contributed by atoms with Crippen LogP contribution in [-0.2, 0) is 24.3 Å². The number of aromatic nitrogens is 2. The summed E-state index contributed by atoms with van der Waals surface area (Å²) in [6, 6.07) is 11.8. The zero-order valence-electron chi connectivity index (χ0n) is 21.2. The van der Waals surface area contributed by atoms with E-state index in [1.807, 2.05) is 46.2 Å². The first kappa shape index (κ1) is 25.5. The van der Waals surface area contributed by atoms with Crippen LogP contribution >= 0.6 is 0 Å². The summed E-state index contributed by atoms with van der Waals surface area (Å²) in [5.41, 5.74) is 3.73. The van der Waals surface area contributed by atoms with Crippen molar-refractivity contribution in [3.05, 3.63) is 65.4 Å². The molecule has 0 spiro atoms. The summed E-state index contributed by atoms with van der Waals surface area (Å²) in [6.07, 6.45) is 4.82. The highest BCUT2D eigenvalue weighted by molar-refractivity contribution is 5.93. The molecule has 1 aliphatic rings. The molecule has 0 unspecified atom stereocenters. The minimum absolute atomic E-state index is 0.0266. The standard InChI is InChI=1S/C27H34N4O5/c1-4-5-13-35-18-22-16-23(9-10-24(22)33-2)31-12-6-11-30(27(31)32)17-21-8-7-20(14-25(21)34-3)15-26-29-28-19-36-26/h7-10,14,16,19H,4-6,11-13,15,17-18H2,1-3H3. The molecule has 9 nitrogen and oxygen atoms in total. The summed E-state index contributed by atoms with van der Waals surface area (Å²) in [4.78, 5) is 17.2. The largest absolute Gasteiger partial charge is 0.496 e. The molecule has 2 amide bonds.